The van der Waals surface area contributed by atoms with Crippen LogP contribution in [0.2, 0.25) is 0 Å². The molecule has 0 spiro atoms. The maximum atomic E-state index is 3.58. The van der Waals surface area contributed by atoms with E-state index < -0.39 is 0 Å². The Labute approximate surface area is 119 Å². The lowest BCUT2D eigenvalue weighted by molar-refractivity contribution is 0.218. The summed E-state index contributed by atoms with van der Waals surface area (Å²) in [5.41, 5.74) is 1.42. The molecular formula is C15H23BrN2. The number of likely N-dealkylation sites (N-methyl/N-ethyl adjacent to an activating group) is 1. The van der Waals surface area contributed by atoms with Crippen molar-refractivity contribution in [2.75, 3.05) is 20.1 Å². The van der Waals surface area contributed by atoms with E-state index in [9.17, 15) is 0 Å². The molecule has 1 aromatic rings. The Hall–Kier alpha value is -0.380. The summed E-state index contributed by atoms with van der Waals surface area (Å²) >= 11 is 3.50. The van der Waals surface area contributed by atoms with Crippen molar-refractivity contribution in [3.8, 4) is 0 Å². The Morgan fingerprint density at radius 3 is 2.67 bits per heavy atom. The molecule has 1 fully saturated rings. The number of hydrogen-bond acceptors (Lipinski definition) is 2. The van der Waals surface area contributed by atoms with Crippen LogP contribution >= 0.6 is 15.9 Å². The molecule has 0 aromatic heterocycles. The van der Waals surface area contributed by atoms with Crippen molar-refractivity contribution in [1.82, 2.24) is 10.2 Å². The molecule has 1 aliphatic rings. The Morgan fingerprint density at radius 2 is 2.11 bits per heavy atom. The largest absolute Gasteiger partial charge is 0.313 e. The summed E-state index contributed by atoms with van der Waals surface area (Å²) in [5.74, 6) is 0. The molecule has 100 valence electrons. The van der Waals surface area contributed by atoms with Crippen LogP contribution in [0.5, 0.6) is 0 Å². The molecule has 1 aliphatic heterocycles. The smallest absolute Gasteiger partial charge is 0.0343 e. The minimum atomic E-state index is 0.528. The molecule has 18 heavy (non-hydrogen) atoms. The van der Waals surface area contributed by atoms with Gasteiger partial charge in [-0.2, -0.15) is 0 Å². The highest BCUT2D eigenvalue weighted by Gasteiger charge is 2.21. The maximum absolute atomic E-state index is 3.58. The average Bonchev–Trinajstić information content (AvgIpc) is 2.85. The zero-order valence-corrected chi connectivity index (χ0v) is 12.9. The van der Waals surface area contributed by atoms with Gasteiger partial charge in [0.2, 0.25) is 0 Å². The van der Waals surface area contributed by atoms with E-state index in [0.717, 1.165) is 17.4 Å². The fourth-order valence-corrected chi connectivity index (χ4v) is 3.14. The van der Waals surface area contributed by atoms with Gasteiger partial charge in [-0.1, -0.05) is 35.0 Å². The fourth-order valence-electron chi connectivity index (χ4n) is 2.87. The van der Waals surface area contributed by atoms with Crippen LogP contribution in [0.4, 0.5) is 0 Å². The normalized spacial score (nSPS) is 21.4. The molecule has 1 aromatic carbocycles. The maximum Gasteiger partial charge on any atom is 0.0343 e. The predicted octanol–water partition coefficient (Wildman–Crippen LogP) is 3.58. The topological polar surface area (TPSA) is 15.3 Å². The van der Waals surface area contributed by atoms with Crippen molar-refractivity contribution in [1.29, 1.82) is 0 Å². The molecule has 0 aliphatic carbocycles. The van der Waals surface area contributed by atoms with Crippen molar-refractivity contribution in [2.24, 2.45) is 0 Å². The third-order valence-corrected chi connectivity index (χ3v) is 4.37. The minimum Gasteiger partial charge on any atom is -0.313 e. The van der Waals surface area contributed by atoms with Crippen LogP contribution in [0.3, 0.4) is 0 Å². The number of rotatable bonds is 5. The molecule has 1 N–H and O–H groups in total. The van der Waals surface area contributed by atoms with E-state index in [2.05, 4.69) is 64.4 Å². The molecule has 1 heterocycles. The number of halogens is 1. The van der Waals surface area contributed by atoms with Crippen LogP contribution in [0.25, 0.3) is 0 Å². The fraction of sp³-hybridized carbons (Fsp3) is 0.600. The van der Waals surface area contributed by atoms with E-state index in [0.29, 0.717) is 12.1 Å². The van der Waals surface area contributed by atoms with Gasteiger partial charge in [0.15, 0.2) is 0 Å². The van der Waals surface area contributed by atoms with E-state index >= 15 is 0 Å². The van der Waals surface area contributed by atoms with Gasteiger partial charge in [0.25, 0.3) is 0 Å². The van der Waals surface area contributed by atoms with Crippen molar-refractivity contribution in [3.05, 3.63) is 34.3 Å². The molecule has 3 heteroatoms. The molecule has 2 nitrogen and oxygen atoms in total. The van der Waals surface area contributed by atoms with Crippen molar-refractivity contribution >= 4 is 15.9 Å². The summed E-state index contributed by atoms with van der Waals surface area (Å²) in [6.07, 6.45) is 3.81. The lowest BCUT2D eigenvalue weighted by Crippen LogP contribution is -2.37. The van der Waals surface area contributed by atoms with E-state index in [1.165, 1.54) is 24.9 Å². The van der Waals surface area contributed by atoms with Gasteiger partial charge in [-0.15, -0.1) is 0 Å². The molecule has 2 unspecified atom stereocenters. The van der Waals surface area contributed by atoms with Crippen LogP contribution in [0.1, 0.15) is 37.8 Å². The first-order valence-corrected chi connectivity index (χ1v) is 7.69. The number of hydrogen-bond donors (Lipinski definition) is 1. The van der Waals surface area contributed by atoms with Crippen molar-refractivity contribution in [3.63, 3.8) is 0 Å². The Kier molecular flexibility index (Phi) is 5.22. The Balaban J connectivity index is 2.00. The second-order valence-corrected chi connectivity index (χ2v) is 6.12. The second-order valence-electron chi connectivity index (χ2n) is 5.21. The lowest BCUT2D eigenvalue weighted by atomic mass is 10.0. The van der Waals surface area contributed by atoms with Crippen LogP contribution < -0.4 is 5.32 Å². The molecular weight excluding hydrogens is 288 g/mol. The monoisotopic (exact) mass is 310 g/mol. The molecule has 2 rings (SSSR count). The zero-order valence-electron chi connectivity index (χ0n) is 11.3. The van der Waals surface area contributed by atoms with E-state index in [1.807, 2.05) is 0 Å². The SMILES string of the molecule is CCC(c1ccc(Br)cc1)N(C)CC1CCCN1. The van der Waals surface area contributed by atoms with Gasteiger partial charge in [-0.3, -0.25) is 4.90 Å². The second kappa shape index (κ2) is 6.69. The van der Waals surface area contributed by atoms with Gasteiger partial charge in [-0.05, 0) is 50.6 Å². The molecule has 0 amide bonds. The highest BCUT2D eigenvalue weighted by Crippen LogP contribution is 2.25. The molecule has 0 bridgehead atoms. The highest BCUT2D eigenvalue weighted by molar-refractivity contribution is 9.10. The zero-order chi connectivity index (χ0) is 13.0. The predicted molar refractivity (Wildman–Crippen MR) is 80.8 cm³/mol. The Bertz CT molecular complexity index is 357. The molecule has 1 saturated heterocycles. The van der Waals surface area contributed by atoms with E-state index in [-0.39, 0.29) is 0 Å². The highest BCUT2D eigenvalue weighted by atomic mass is 79.9. The summed E-state index contributed by atoms with van der Waals surface area (Å²) in [6, 6.07) is 9.95. The van der Waals surface area contributed by atoms with Gasteiger partial charge in [-0.25, -0.2) is 0 Å². The summed E-state index contributed by atoms with van der Waals surface area (Å²) in [6.45, 7) is 4.60. The van der Waals surface area contributed by atoms with Gasteiger partial charge in [0.1, 0.15) is 0 Å². The lowest BCUT2D eigenvalue weighted by Gasteiger charge is -2.30. The quantitative estimate of drug-likeness (QED) is 0.894. The summed E-state index contributed by atoms with van der Waals surface area (Å²) in [4.78, 5) is 2.49. The van der Waals surface area contributed by atoms with E-state index in [4.69, 9.17) is 0 Å². The van der Waals surface area contributed by atoms with Crippen LogP contribution in [-0.2, 0) is 0 Å². The van der Waals surface area contributed by atoms with Crippen LogP contribution in [0, 0.1) is 0 Å². The van der Waals surface area contributed by atoms with Gasteiger partial charge >= 0.3 is 0 Å². The first kappa shape index (κ1) is 14.0. The van der Waals surface area contributed by atoms with Gasteiger partial charge in [0.05, 0.1) is 0 Å². The van der Waals surface area contributed by atoms with Gasteiger partial charge in [0, 0.05) is 23.1 Å². The number of benzene rings is 1. The molecule has 0 saturated carbocycles. The van der Waals surface area contributed by atoms with Gasteiger partial charge < -0.3 is 5.32 Å². The number of nitrogens with zero attached hydrogens (tertiary/aromatic N) is 1. The number of nitrogens with one attached hydrogen (secondary N) is 1. The van der Waals surface area contributed by atoms with Crippen LogP contribution in [0.15, 0.2) is 28.7 Å². The Morgan fingerprint density at radius 1 is 1.39 bits per heavy atom. The molecule has 2 atom stereocenters. The summed E-state index contributed by atoms with van der Waals surface area (Å²) in [7, 11) is 2.25. The first-order valence-electron chi connectivity index (χ1n) is 6.89. The first-order chi connectivity index (χ1) is 8.70. The third-order valence-electron chi connectivity index (χ3n) is 3.84. The summed E-state index contributed by atoms with van der Waals surface area (Å²) < 4.78 is 1.15. The standard InChI is InChI=1S/C15H23BrN2/c1-3-15(12-6-8-13(16)9-7-12)18(2)11-14-5-4-10-17-14/h6-9,14-15,17H,3-5,10-11H2,1-2H3. The summed E-state index contributed by atoms with van der Waals surface area (Å²) in [5, 5.41) is 3.58. The van der Waals surface area contributed by atoms with Crippen molar-refractivity contribution in [2.45, 2.75) is 38.3 Å². The van der Waals surface area contributed by atoms with Crippen LogP contribution in [-0.4, -0.2) is 31.1 Å². The van der Waals surface area contributed by atoms with Crippen molar-refractivity contribution < 1.29 is 0 Å². The molecule has 0 radical (unpaired) electrons. The minimum absolute atomic E-state index is 0.528. The van der Waals surface area contributed by atoms with E-state index in [1.54, 1.807) is 0 Å². The average molecular weight is 311 g/mol. The third kappa shape index (κ3) is 3.56.